The Bertz CT molecular complexity index is 161. The lowest BCUT2D eigenvalue weighted by molar-refractivity contribution is 0.408. The van der Waals surface area contributed by atoms with Gasteiger partial charge in [0.05, 0.1) is 0 Å². The summed E-state index contributed by atoms with van der Waals surface area (Å²) < 4.78 is 0. The first-order valence-electron chi connectivity index (χ1n) is 6.73. The van der Waals surface area contributed by atoms with Crippen LogP contribution in [0, 0.1) is 5.92 Å². The Hall–Kier alpha value is 0.310. The van der Waals surface area contributed by atoms with Crippen molar-refractivity contribution >= 4 is 11.8 Å². The Kier molecular flexibility index (Phi) is 8.57. The molecule has 0 saturated carbocycles. The Labute approximate surface area is 107 Å². The minimum Gasteiger partial charge on any atom is -0.311 e. The van der Waals surface area contributed by atoms with E-state index in [1.807, 2.05) is 0 Å². The van der Waals surface area contributed by atoms with Crippen LogP contribution in [-0.4, -0.2) is 23.1 Å². The zero-order valence-corrected chi connectivity index (χ0v) is 12.9. The maximum Gasteiger partial charge on any atom is 0.0195 e. The molecular weight excluding hydrogens is 214 g/mol. The molecule has 1 N–H and O–H groups in total. The third kappa shape index (κ3) is 9.53. The van der Waals surface area contributed by atoms with Gasteiger partial charge in [-0.05, 0) is 38.9 Å². The quantitative estimate of drug-likeness (QED) is 0.639. The van der Waals surface area contributed by atoms with Gasteiger partial charge in [-0.1, -0.05) is 33.6 Å². The smallest absolute Gasteiger partial charge is 0.0195 e. The van der Waals surface area contributed by atoms with E-state index in [-0.39, 0.29) is 5.54 Å². The minimum atomic E-state index is 0.247. The van der Waals surface area contributed by atoms with Crippen LogP contribution in [0.25, 0.3) is 0 Å². The van der Waals surface area contributed by atoms with E-state index in [1.165, 1.54) is 25.0 Å². The summed E-state index contributed by atoms with van der Waals surface area (Å²) in [6, 6.07) is 0. The van der Waals surface area contributed by atoms with Crippen LogP contribution in [0.3, 0.4) is 0 Å². The van der Waals surface area contributed by atoms with E-state index in [0.29, 0.717) is 0 Å². The standard InChI is InChI=1S/C14H31NS/c1-7-8-9-10-16-13(12(2)3)11-15-14(4,5)6/h12-13,15H,7-11H2,1-6H3. The van der Waals surface area contributed by atoms with Crippen LogP contribution in [-0.2, 0) is 0 Å². The first-order valence-corrected chi connectivity index (χ1v) is 7.78. The van der Waals surface area contributed by atoms with E-state index in [2.05, 4.69) is 58.6 Å². The van der Waals surface area contributed by atoms with Crippen LogP contribution in [0.5, 0.6) is 0 Å². The third-order valence-electron chi connectivity index (χ3n) is 2.66. The molecule has 0 bridgehead atoms. The summed E-state index contributed by atoms with van der Waals surface area (Å²) in [6.45, 7) is 14.8. The summed E-state index contributed by atoms with van der Waals surface area (Å²) in [4.78, 5) is 0. The summed E-state index contributed by atoms with van der Waals surface area (Å²) in [5.41, 5.74) is 0.247. The molecule has 2 heteroatoms. The van der Waals surface area contributed by atoms with E-state index in [0.717, 1.165) is 17.7 Å². The minimum absolute atomic E-state index is 0.247. The van der Waals surface area contributed by atoms with Crippen LogP contribution in [0.4, 0.5) is 0 Å². The molecule has 1 unspecified atom stereocenters. The molecule has 0 fully saturated rings. The van der Waals surface area contributed by atoms with Gasteiger partial charge in [-0.3, -0.25) is 0 Å². The van der Waals surface area contributed by atoms with Gasteiger partial charge in [0, 0.05) is 17.3 Å². The fraction of sp³-hybridized carbons (Fsp3) is 1.00. The molecule has 0 aliphatic rings. The predicted molar refractivity (Wildman–Crippen MR) is 78.4 cm³/mol. The number of hydrogen-bond donors (Lipinski definition) is 1. The second-order valence-corrected chi connectivity index (χ2v) is 7.34. The maximum absolute atomic E-state index is 3.62. The fourth-order valence-electron chi connectivity index (χ4n) is 1.48. The predicted octanol–water partition coefficient (Wildman–Crippen LogP) is 4.32. The highest BCUT2D eigenvalue weighted by molar-refractivity contribution is 7.99. The van der Waals surface area contributed by atoms with Gasteiger partial charge in [0.15, 0.2) is 0 Å². The van der Waals surface area contributed by atoms with Gasteiger partial charge >= 0.3 is 0 Å². The Morgan fingerprint density at radius 2 is 1.75 bits per heavy atom. The molecule has 0 aromatic heterocycles. The van der Waals surface area contributed by atoms with Crippen LogP contribution in [0.15, 0.2) is 0 Å². The number of hydrogen-bond acceptors (Lipinski definition) is 2. The van der Waals surface area contributed by atoms with Gasteiger partial charge in [-0.15, -0.1) is 0 Å². The molecule has 1 nitrogen and oxygen atoms in total. The lowest BCUT2D eigenvalue weighted by Crippen LogP contribution is -2.41. The molecule has 0 radical (unpaired) electrons. The zero-order valence-electron chi connectivity index (χ0n) is 12.1. The van der Waals surface area contributed by atoms with E-state index in [1.54, 1.807) is 0 Å². The van der Waals surface area contributed by atoms with Crippen molar-refractivity contribution < 1.29 is 0 Å². The molecule has 0 saturated heterocycles. The largest absolute Gasteiger partial charge is 0.311 e. The van der Waals surface area contributed by atoms with Gasteiger partial charge < -0.3 is 5.32 Å². The van der Waals surface area contributed by atoms with E-state index in [4.69, 9.17) is 0 Å². The summed E-state index contributed by atoms with van der Waals surface area (Å²) >= 11 is 2.15. The lowest BCUT2D eigenvalue weighted by Gasteiger charge is -2.27. The number of nitrogens with one attached hydrogen (secondary N) is 1. The van der Waals surface area contributed by atoms with Crippen LogP contribution >= 0.6 is 11.8 Å². The van der Waals surface area contributed by atoms with Gasteiger partial charge in [0.1, 0.15) is 0 Å². The molecule has 0 amide bonds. The van der Waals surface area contributed by atoms with E-state index < -0.39 is 0 Å². The van der Waals surface area contributed by atoms with Crippen molar-refractivity contribution in [2.75, 3.05) is 12.3 Å². The van der Waals surface area contributed by atoms with Gasteiger partial charge in [-0.25, -0.2) is 0 Å². The molecular formula is C14H31NS. The van der Waals surface area contributed by atoms with Crippen LogP contribution < -0.4 is 5.32 Å². The SMILES string of the molecule is CCCCCSC(CNC(C)(C)C)C(C)C. The van der Waals surface area contributed by atoms with Crippen molar-refractivity contribution in [1.82, 2.24) is 5.32 Å². The maximum atomic E-state index is 3.62. The highest BCUT2D eigenvalue weighted by Crippen LogP contribution is 2.21. The van der Waals surface area contributed by atoms with Crippen molar-refractivity contribution in [1.29, 1.82) is 0 Å². The summed E-state index contributed by atoms with van der Waals surface area (Å²) in [7, 11) is 0. The molecule has 1 atom stereocenters. The third-order valence-corrected chi connectivity index (χ3v) is 4.32. The monoisotopic (exact) mass is 245 g/mol. The first kappa shape index (κ1) is 16.3. The second-order valence-electron chi connectivity index (χ2n) is 5.99. The van der Waals surface area contributed by atoms with Gasteiger partial charge in [0.25, 0.3) is 0 Å². The van der Waals surface area contributed by atoms with Crippen LogP contribution in [0.1, 0.15) is 60.8 Å². The lowest BCUT2D eigenvalue weighted by atomic mass is 10.1. The summed E-state index contributed by atoms with van der Waals surface area (Å²) in [5.74, 6) is 2.09. The fourth-order valence-corrected chi connectivity index (χ4v) is 2.74. The molecule has 0 rings (SSSR count). The summed E-state index contributed by atoms with van der Waals surface area (Å²) in [6.07, 6.45) is 4.08. The van der Waals surface area contributed by atoms with E-state index in [9.17, 15) is 0 Å². The number of rotatable bonds is 8. The van der Waals surface area contributed by atoms with Crippen LogP contribution in [0.2, 0.25) is 0 Å². The Morgan fingerprint density at radius 3 is 2.19 bits per heavy atom. The Balaban J connectivity index is 3.80. The molecule has 0 aliphatic carbocycles. The molecule has 0 aromatic carbocycles. The topological polar surface area (TPSA) is 12.0 Å². The van der Waals surface area contributed by atoms with Gasteiger partial charge in [-0.2, -0.15) is 11.8 Å². The molecule has 0 aromatic rings. The van der Waals surface area contributed by atoms with Crippen molar-refractivity contribution in [3.05, 3.63) is 0 Å². The molecule has 0 aliphatic heterocycles. The van der Waals surface area contributed by atoms with Crippen molar-refractivity contribution in [3.8, 4) is 0 Å². The zero-order chi connectivity index (χ0) is 12.6. The number of thioether (sulfide) groups is 1. The normalized spacial score (nSPS) is 14.4. The van der Waals surface area contributed by atoms with Crippen molar-refractivity contribution in [2.45, 2.75) is 71.6 Å². The average Bonchev–Trinajstić information content (AvgIpc) is 2.14. The van der Waals surface area contributed by atoms with Crippen molar-refractivity contribution in [2.24, 2.45) is 5.92 Å². The highest BCUT2D eigenvalue weighted by Gasteiger charge is 2.17. The second kappa shape index (κ2) is 8.41. The highest BCUT2D eigenvalue weighted by atomic mass is 32.2. The first-order chi connectivity index (χ1) is 7.37. The van der Waals surface area contributed by atoms with Crippen molar-refractivity contribution in [3.63, 3.8) is 0 Å². The molecule has 0 heterocycles. The summed E-state index contributed by atoms with van der Waals surface area (Å²) in [5, 5.41) is 4.38. The molecule has 16 heavy (non-hydrogen) atoms. The Morgan fingerprint density at radius 1 is 1.12 bits per heavy atom. The molecule has 98 valence electrons. The van der Waals surface area contributed by atoms with E-state index >= 15 is 0 Å². The molecule has 0 spiro atoms. The average molecular weight is 245 g/mol. The number of unbranched alkanes of at least 4 members (excludes halogenated alkanes) is 2. The van der Waals surface area contributed by atoms with Gasteiger partial charge in [0.2, 0.25) is 0 Å².